The van der Waals surface area contributed by atoms with Gasteiger partial charge in [-0.3, -0.25) is 0 Å². The summed E-state index contributed by atoms with van der Waals surface area (Å²) in [6, 6.07) is 17.6. The first-order valence-electron chi connectivity index (χ1n) is 7.11. The van der Waals surface area contributed by atoms with E-state index >= 15 is 0 Å². The molecular weight excluding hydrogens is 310 g/mol. The van der Waals surface area contributed by atoms with Crippen LogP contribution in [-0.2, 0) is 6.42 Å². The Morgan fingerprint density at radius 3 is 2.25 bits per heavy atom. The van der Waals surface area contributed by atoms with Crippen molar-refractivity contribution >= 4 is 15.9 Å². The Hall–Kier alpha value is -1.12. The molecule has 0 aromatic heterocycles. The Morgan fingerprint density at radius 2 is 1.65 bits per heavy atom. The van der Waals surface area contributed by atoms with Gasteiger partial charge in [0.1, 0.15) is 0 Å². The summed E-state index contributed by atoms with van der Waals surface area (Å²) in [6.07, 6.45) is 1.13. The summed E-state index contributed by atoms with van der Waals surface area (Å²) in [7, 11) is 2.01. The Labute approximate surface area is 130 Å². The minimum Gasteiger partial charge on any atom is -0.309 e. The third kappa shape index (κ3) is 3.94. The maximum Gasteiger partial charge on any atom is 0.0574 e. The fourth-order valence-electron chi connectivity index (χ4n) is 2.58. The minimum atomic E-state index is 0.236. The van der Waals surface area contributed by atoms with E-state index in [2.05, 4.69) is 83.6 Å². The summed E-state index contributed by atoms with van der Waals surface area (Å²) < 4.78 is 1.12. The maximum atomic E-state index is 3.55. The van der Waals surface area contributed by atoms with E-state index in [-0.39, 0.29) is 6.04 Å². The van der Waals surface area contributed by atoms with Crippen LogP contribution in [0.2, 0.25) is 0 Å². The molecule has 0 aliphatic heterocycles. The van der Waals surface area contributed by atoms with Crippen LogP contribution in [0.3, 0.4) is 0 Å². The fraction of sp³-hybridized carbons (Fsp3) is 0.333. The molecule has 0 radical (unpaired) electrons. The first-order chi connectivity index (χ1) is 9.60. The van der Waals surface area contributed by atoms with Crippen LogP contribution in [0.5, 0.6) is 0 Å². The number of nitrogens with one attached hydrogen (secondary N) is 1. The van der Waals surface area contributed by atoms with Crippen LogP contribution in [0.4, 0.5) is 0 Å². The van der Waals surface area contributed by atoms with Gasteiger partial charge in [-0.15, -0.1) is 0 Å². The van der Waals surface area contributed by atoms with Crippen molar-refractivity contribution in [3.05, 3.63) is 69.7 Å². The van der Waals surface area contributed by atoms with E-state index in [1.165, 1.54) is 16.7 Å². The van der Waals surface area contributed by atoms with Crippen molar-refractivity contribution in [2.75, 3.05) is 7.05 Å². The van der Waals surface area contributed by atoms with Gasteiger partial charge in [-0.2, -0.15) is 0 Å². The lowest BCUT2D eigenvalue weighted by Crippen LogP contribution is -2.17. The molecule has 1 unspecified atom stereocenters. The van der Waals surface area contributed by atoms with Gasteiger partial charge >= 0.3 is 0 Å². The van der Waals surface area contributed by atoms with Crippen LogP contribution in [0.25, 0.3) is 0 Å². The molecule has 0 fully saturated rings. The molecule has 106 valence electrons. The number of hydrogen-bond acceptors (Lipinski definition) is 1. The highest BCUT2D eigenvalue weighted by molar-refractivity contribution is 9.10. The van der Waals surface area contributed by atoms with Crippen molar-refractivity contribution in [2.24, 2.45) is 5.92 Å². The lowest BCUT2D eigenvalue weighted by atomic mass is 9.95. The molecule has 0 amide bonds. The normalized spacial score (nSPS) is 12.7. The number of benzene rings is 2. The molecule has 1 atom stereocenters. The van der Waals surface area contributed by atoms with Crippen LogP contribution >= 0.6 is 15.9 Å². The summed E-state index contributed by atoms with van der Waals surface area (Å²) in [5.41, 5.74) is 4.01. The molecule has 2 aromatic carbocycles. The first kappa shape index (κ1) is 15.3. The zero-order chi connectivity index (χ0) is 14.5. The molecule has 0 saturated heterocycles. The molecule has 1 nitrogen and oxygen atoms in total. The Bertz CT molecular complexity index is 563. The predicted molar refractivity (Wildman–Crippen MR) is 90.0 cm³/mol. The number of halogens is 1. The van der Waals surface area contributed by atoms with E-state index in [0.717, 1.165) is 10.9 Å². The first-order valence-corrected chi connectivity index (χ1v) is 7.91. The van der Waals surface area contributed by atoms with Crippen molar-refractivity contribution < 1.29 is 0 Å². The Balaban J connectivity index is 2.32. The molecule has 0 saturated carbocycles. The quantitative estimate of drug-likeness (QED) is 0.816. The monoisotopic (exact) mass is 331 g/mol. The highest BCUT2D eigenvalue weighted by Crippen LogP contribution is 2.25. The Morgan fingerprint density at radius 1 is 1.00 bits per heavy atom. The highest BCUT2D eigenvalue weighted by Gasteiger charge is 2.12. The Kier molecular flexibility index (Phi) is 5.38. The summed E-state index contributed by atoms with van der Waals surface area (Å²) >= 11 is 3.55. The average Bonchev–Trinajstić information content (AvgIpc) is 2.39. The number of hydrogen-bond donors (Lipinski definition) is 1. The molecular formula is C18H22BrN. The van der Waals surface area contributed by atoms with Gasteiger partial charge in [0.05, 0.1) is 6.04 Å². The van der Waals surface area contributed by atoms with Gasteiger partial charge in [0.2, 0.25) is 0 Å². The second kappa shape index (κ2) is 7.05. The van der Waals surface area contributed by atoms with Crippen molar-refractivity contribution in [2.45, 2.75) is 26.3 Å². The van der Waals surface area contributed by atoms with Crippen LogP contribution in [0.15, 0.2) is 53.0 Å². The summed E-state index contributed by atoms with van der Waals surface area (Å²) in [6.45, 7) is 4.52. The molecule has 0 spiro atoms. The van der Waals surface area contributed by atoms with Gasteiger partial charge in [-0.25, -0.2) is 0 Å². The molecule has 2 rings (SSSR count). The topological polar surface area (TPSA) is 12.0 Å². The van der Waals surface area contributed by atoms with Crippen LogP contribution in [-0.4, -0.2) is 7.05 Å². The minimum absolute atomic E-state index is 0.236. The molecule has 2 heteroatoms. The molecule has 2 aromatic rings. The summed E-state index contributed by atoms with van der Waals surface area (Å²) in [4.78, 5) is 0. The molecule has 0 aliphatic rings. The zero-order valence-electron chi connectivity index (χ0n) is 12.4. The van der Waals surface area contributed by atoms with E-state index in [9.17, 15) is 0 Å². The van der Waals surface area contributed by atoms with E-state index < -0.39 is 0 Å². The van der Waals surface area contributed by atoms with Gasteiger partial charge in [0, 0.05) is 4.47 Å². The molecule has 1 N–H and O–H groups in total. The second-order valence-corrected chi connectivity index (χ2v) is 6.54. The maximum absolute atomic E-state index is 3.55. The molecule has 0 bridgehead atoms. The zero-order valence-corrected chi connectivity index (χ0v) is 13.9. The van der Waals surface area contributed by atoms with Crippen LogP contribution in [0, 0.1) is 5.92 Å². The van der Waals surface area contributed by atoms with E-state index in [4.69, 9.17) is 0 Å². The van der Waals surface area contributed by atoms with Crippen molar-refractivity contribution in [3.63, 3.8) is 0 Å². The molecule has 0 aliphatic carbocycles. The van der Waals surface area contributed by atoms with Gasteiger partial charge in [0.15, 0.2) is 0 Å². The lowest BCUT2D eigenvalue weighted by Gasteiger charge is -2.19. The molecule has 0 heterocycles. The highest BCUT2D eigenvalue weighted by atomic mass is 79.9. The SMILES string of the molecule is CNC(c1cccc(Br)c1)c1cccc(CC(C)C)c1. The number of rotatable bonds is 5. The summed E-state index contributed by atoms with van der Waals surface area (Å²) in [5.74, 6) is 0.684. The summed E-state index contributed by atoms with van der Waals surface area (Å²) in [5, 5.41) is 3.42. The van der Waals surface area contributed by atoms with E-state index in [0.29, 0.717) is 5.92 Å². The standard InChI is InChI=1S/C18H22BrN/c1-13(2)10-14-6-4-7-15(11-14)18(20-3)16-8-5-9-17(19)12-16/h4-9,11-13,18,20H,10H2,1-3H3. The van der Waals surface area contributed by atoms with Gasteiger partial charge in [0.25, 0.3) is 0 Å². The average molecular weight is 332 g/mol. The van der Waals surface area contributed by atoms with Gasteiger partial charge in [-0.1, -0.05) is 66.2 Å². The lowest BCUT2D eigenvalue weighted by molar-refractivity contribution is 0.643. The second-order valence-electron chi connectivity index (χ2n) is 5.62. The third-order valence-electron chi connectivity index (χ3n) is 3.40. The smallest absolute Gasteiger partial charge is 0.0574 e. The fourth-order valence-corrected chi connectivity index (χ4v) is 3.00. The largest absolute Gasteiger partial charge is 0.309 e. The van der Waals surface area contributed by atoms with Crippen molar-refractivity contribution in [1.82, 2.24) is 5.32 Å². The van der Waals surface area contributed by atoms with E-state index in [1.54, 1.807) is 0 Å². The van der Waals surface area contributed by atoms with E-state index in [1.807, 2.05) is 7.05 Å². The van der Waals surface area contributed by atoms with Crippen molar-refractivity contribution in [3.8, 4) is 0 Å². The molecule has 20 heavy (non-hydrogen) atoms. The van der Waals surface area contributed by atoms with Gasteiger partial charge < -0.3 is 5.32 Å². The van der Waals surface area contributed by atoms with Crippen LogP contribution < -0.4 is 5.32 Å². The predicted octanol–water partition coefficient (Wildman–Crippen LogP) is 4.96. The third-order valence-corrected chi connectivity index (χ3v) is 3.89. The van der Waals surface area contributed by atoms with Crippen LogP contribution in [0.1, 0.15) is 36.6 Å². The van der Waals surface area contributed by atoms with Crippen molar-refractivity contribution in [1.29, 1.82) is 0 Å². The van der Waals surface area contributed by atoms with Gasteiger partial charge in [-0.05, 0) is 48.2 Å².